The van der Waals surface area contributed by atoms with Crippen molar-refractivity contribution >= 4 is 12.0 Å². The van der Waals surface area contributed by atoms with Gasteiger partial charge in [0.25, 0.3) is 0 Å². The largest absolute Gasteiger partial charge is 0.481 e. The minimum atomic E-state index is -0.840. The highest BCUT2D eigenvalue weighted by atomic mass is 16.5. The van der Waals surface area contributed by atoms with Gasteiger partial charge in [0, 0.05) is 33.8 Å². The summed E-state index contributed by atoms with van der Waals surface area (Å²) in [5, 5.41) is 9.08. The van der Waals surface area contributed by atoms with Crippen LogP contribution in [0.3, 0.4) is 0 Å². The third-order valence-corrected chi connectivity index (χ3v) is 3.22. The molecule has 1 fully saturated rings. The predicted octanol–water partition coefficient (Wildman–Crippen LogP) is 0.481. The zero-order chi connectivity index (χ0) is 13.1. The summed E-state index contributed by atoms with van der Waals surface area (Å²) < 4.78 is 4.90. The Morgan fingerprint density at radius 2 is 2.18 bits per heavy atom. The number of aliphatic carboxylic acids is 1. The number of ether oxygens (including phenoxy) is 1. The van der Waals surface area contributed by atoms with E-state index >= 15 is 0 Å². The molecule has 17 heavy (non-hydrogen) atoms. The van der Waals surface area contributed by atoms with Crippen molar-refractivity contribution in [3.63, 3.8) is 0 Å². The number of hydrogen-bond acceptors (Lipinski definition) is 3. The Hall–Kier alpha value is -1.30. The van der Waals surface area contributed by atoms with Gasteiger partial charge in [-0.05, 0) is 13.3 Å². The lowest BCUT2D eigenvalue weighted by Crippen LogP contribution is -2.42. The first-order valence-electron chi connectivity index (χ1n) is 5.63. The fourth-order valence-electron chi connectivity index (χ4n) is 1.86. The predicted molar refractivity (Wildman–Crippen MR) is 61.8 cm³/mol. The molecule has 0 aromatic heterocycles. The highest BCUT2D eigenvalue weighted by Gasteiger charge is 2.42. The summed E-state index contributed by atoms with van der Waals surface area (Å²) in [6.45, 7) is 3.44. The summed E-state index contributed by atoms with van der Waals surface area (Å²) in [6, 6.07) is -0.132. The highest BCUT2D eigenvalue weighted by Crippen LogP contribution is 2.30. The van der Waals surface area contributed by atoms with Gasteiger partial charge >= 0.3 is 12.0 Å². The fourth-order valence-corrected chi connectivity index (χ4v) is 1.86. The quantitative estimate of drug-likeness (QED) is 0.781. The van der Waals surface area contributed by atoms with Crippen LogP contribution >= 0.6 is 0 Å². The standard InChI is InChI=1S/C11H20N2O4/c1-11(9(14)15)4-5-13(8-11)10(16)12(2)6-7-17-3/h4-8H2,1-3H3,(H,14,15). The number of methoxy groups -OCH3 is 1. The van der Waals surface area contributed by atoms with Gasteiger partial charge in [-0.25, -0.2) is 4.79 Å². The molecular formula is C11H20N2O4. The lowest BCUT2D eigenvalue weighted by atomic mass is 9.90. The first-order valence-corrected chi connectivity index (χ1v) is 5.63. The Balaban J connectivity index is 2.53. The van der Waals surface area contributed by atoms with E-state index in [1.54, 1.807) is 30.9 Å². The molecule has 98 valence electrons. The average Bonchev–Trinajstić information content (AvgIpc) is 2.69. The number of hydrogen-bond donors (Lipinski definition) is 1. The van der Waals surface area contributed by atoms with Gasteiger partial charge in [-0.3, -0.25) is 4.79 Å². The van der Waals surface area contributed by atoms with Crippen molar-refractivity contribution in [2.45, 2.75) is 13.3 Å². The van der Waals surface area contributed by atoms with E-state index in [9.17, 15) is 9.59 Å². The maximum atomic E-state index is 12.0. The first kappa shape index (κ1) is 13.8. The molecule has 1 N–H and O–H groups in total. The summed E-state index contributed by atoms with van der Waals surface area (Å²) in [4.78, 5) is 26.2. The monoisotopic (exact) mass is 244 g/mol. The van der Waals surface area contributed by atoms with E-state index in [0.29, 0.717) is 26.1 Å². The summed E-state index contributed by atoms with van der Waals surface area (Å²) in [6.07, 6.45) is 0.506. The van der Waals surface area contributed by atoms with E-state index in [1.165, 1.54) is 0 Å². The summed E-state index contributed by atoms with van der Waals surface area (Å²) in [5.41, 5.74) is -0.808. The van der Waals surface area contributed by atoms with E-state index in [1.807, 2.05) is 0 Å². The Bertz CT molecular complexity index is 308. The van der Waals surface area contributed by atoms with E-state index in [0.717, 1.165) is 0 Å². The number of carboxylic acid groups (broad SMARTS) is 1. The fraction of sp³-hybridized carbons (Fsp3) is 0.818. The Morgan fingerprint density at radius 3 is 2.65 bits per heavy atom. The number of carbonyl (C=O) groups excluding carboxylic acids is 1. The van der Waals surface area contributed by atoms with Crippen LogP contribution in [0.4, 0.5) is 4.79 Å². The van der Waals surface area contributed by atoms with Crippen LogP contribution in [0.5, 0.6) is 0 Å². The number of rotatable bonds is 4. The maximum Gasteiger partial charge on any atom is 0.319 e. The Kier molecular flexibility index (Phi) is 4.34. The van der Waals surface area contributed by atoms with Crippen molar-refractivity contribution in [1.29, 1.82) is 0 Å². The van der Waals surface area contributed by atoms with Gasteiger partial charge in [0.05, 0.1) is 12.0 Å². The molecule has 1 aliphatic rings. The number of urea groups is 1. The van der Waals surface area contributed by atoms with Gasteiger partial charge in [-0.2, -0.15) is 0 Å². The van der Waals surface area contributed by atoms with Crippen molar-refractivity contribution in [1.82, 2.24) is 9.80 Å². The lowest BCUT2D eigenvalue weighted by molar-refractivity contribution is -0.147. The zero-order valence-electron chi connectivity index (χ0n) is 10.6. The molecule has 0 aromatic carbocycles. The molecule has 1 aliphatic heterocycles. The van der Waals surface area contributed by atoms with Crippen LogP contribution < -0.4 is 0 Å². The second-order valence-electron chi connectivity index (χ2n) is 4.73. The van der Waals surface area contributed by atoms with Crippen molar-refractivity contribution in [3.8, 4) is 0 Å². The van der Waals surface area contributed by atoms with Gasteiger partial charge in [0.1, 0.15) is 0 Å². The minimum Gasteiger partial charge on any atom is -0.481 e. The third-order valence-electron chi connectivity index (χ3n) is 3.22. The number of amides is 2. The van der Waals surface area contributed by atoms with Crippen LogP contribution in [0.2, 0.25) is 0 Å². The molecule has 0 saturated carbocycles. The van der Waals surface area contributed by atoms with Crippen molar-refractivity contribution in [2.75, 3.05) is 40.4 Å². The normalized spacial score (nSPS) is 23.8. The molecule has 1 heterocycles. The summed E-state index contributed by atoms with van der Waals surface area (Å²) in [7, 11) is 3.27. The van der Waals surface area contributed by atoms with Crippen LogP contribution in [0.15, 0.2) is 0 Å². The SMILES string of the molecule is COCCN(C)C(=O)N1CCC(C)(C(=O)O)C1. The second kappa shape index (κ2) is 5.35. The Morgan fingerprint density at radius 1 is 1.53 bits per heavy atom. The van der Waals surface area contributed by atoms with Gasteiger partial charge < -0.3 is 19.6 Å². The molecule has 1 saturated heterocycles. The van der Waals surface area contributed by atoms with Crippen LogP contribution in [-0.4, -0.2) is 67.3 Å². The minimum absolute atomic E-state index is 0.132. The summed E-state index contributed by atoms with van der Waals surface area (Å²) >= 11 is 0. The smallest absolute Gasteiger partial charge is 0.319 e. The molecular weight excluding hydrogens is 224 g/mol. The van der Waals surface area contributed by atoms with E-state index in [-0.39, 0.29) is 12.6 Å². The molecule has 1 rings (SSSR count). The van der Waals surface area contributed by atoms with Crippen molar-refractivity contribution in [2.24, 2.45) is 5.41 Å². The Labute approximate surface area is 101 Å². The van der Waals surface area contributed by atoms with E-state index < -0.39 is 11.4 Å². The maximum absolute atomic E-state index is 12.0. The second-order valence-corrected chi connectivity index (χ2v) is 4.73. The molecule has 6 heteroatoms. The van der Waals surface area contributed by atoms with Crippen LogP contribution in [0.1, 0.15) is 13.3 Å². The van der Waals surface area contributed by atoms with E-state index in [2.05, 4.69) is 0 Å². The molecule has 0 aromatic rings. The molecule has 0 bridgehead atoms. The number of likely N-dealkylation sites (N-methyl/N-ethyl adjacent to an activating group) is 1. The lowest BCUT2D eigenvalue weighted by Gasteiger charge is -2.25. The van der Waals surface area contributed by atoms with Crippen molar-refractivity contribution in [3.05, 3.63) is 0 Å². The molecule has 0 aliphatic carbocycles. The van der Waals surface area contributed by atoms with Gasteiger partial charge in [-0.15, -0.1) is 0 Å². The number of likely N-dealkylation sites (tertiary alicyclic amines) is 1. The first-order chi connectivity index (χ1) is 7.90. The highest BCUT2D eigenvalue weighted by molar-refractivity contribution is 5.79. The number of carboxylic acids is 1. The van der Waals surface area contributed by atoms with E-state index in [4.69, 9.17) is 9.84 Å². The average molecular weight is 244 g/mol. The third kappa shape index (κ3) is 3.09. The van der Waals surface area contributed by atoms with Crippen LogP contribution in [0, 0.1) is 5.41 Å². The van der Waals surface area contributed by atoms with Gasteiger partial charge in [-0.1, -0.05) is 0 Å². The topological polar surface area (TPSA) is 70.1 Å². The number of nitrogens with zero attached hydrogens (tertiary/aromatic N) is 2. The molecule has 0 radical (unpaired) electrons. The van der Waals surface area contributed by atoms with Crippen molar-refractivity contribution < 1.29 is 19.4 Å². The molecule has 1 atom stereocenters. The molecule has 6 nitrogen and oxygen atoms in total. The summed E-state index contributed by atoms with van der Waals surface area (Å²) in [5.74, 6) is -0.840. The van der Waals surface area contributed by atoms with Crippen LogP contribution in [0.25, 0.3) is 0 Å². The zero-order valence-corrected chi connectivity index (χ0v) is 10.6. The molecule has 0 spiro atoms. The van der Waals surface area contributed by atoms with Gasteiger partial charge in [0.2, 0.25) is 0 Å². The van der Waals surface area contributed by atoms with Crippen LogP contribution in [-0.2, 0) is 9.53 Å². The molecule has 2 amide bonds. The van der Waals surface area contributed by atoms with Gasteiger partial charge in [0.15, 0.2) is 0 Å². The molecule has 1 unspecified atom stereocenters. The number of carbonyl (C=O) groups is 2.